The van der Waals surface area contributed by atoms with Gasteiger partial charge < -0.3 is 13.7 Å². The van der Waals surface area contributed by atoms with Crippen molar-refractivity contribution in [2.24, 2.45) is 0 Å². The summed E-state index contributed by atoms with van der Waals surface area (Å²) in [7, 11) is 0. The van der Waals surface area contributed by atoms with Crippen LogP contribution in [-0.4, -0.2) is 28.7 Å². The van der Waals surface area contributed by atoms with E-state index in [9.17, 15) is 5.26 Å². The third-order valence-corrected chi connectivity index (χ3v) is 9.37. The molecule has 0 saturated carbocycles. The minimum absolute atomic E-state index is 0.416. The third-order valence-electron chi connectivity index (χ3n) is 9.37. The molecule has 0 amide bonds. The molecule has 4 aromatic carbocycles. The Balaban J connectivity index is 1.22. The van der Waals surface area contributed by atoms with Crippen LogP contribution in [0.2, 0.25) is 0 Å². The van der Waals surface area contributed by atoms with E-state index >= 15 is 0 Å². The highest BCUT2D eigenvalue weighted by molar-refractivity contribution is 6.11. The molecule has 6 heterocycles. The molecule has 0 unspecified atom stereocenters. The van der Waals surface area contributed by atoms with E-state index in [0.717, 1.165) is 82.9 Å². The Kier molecular flexibility index (Phi) is 5.54. The summed E-state index contributed by atoms with van der Waals surface area (Å²) in [5.74, 6) is 0. The molecule has 0 saturated heterocycles. The van der Waals surface area contributed by atoms with Crippen molar-refractivity contribution < 1.29 is 0 Å². The first-order chi connectivity index (χ1) is 24.2. The molecule has 226 valence electrons. The van der Waals surface area contributed by atoms with E-state index in [-0.39, 0.29) is 0 Å². The topological polar surface area (TPSA) is 81.6 Å². The molecule has 0 atom stereocenters. The fourth-order valence-corrected chi connectivity index (χ4v) is 7.40. The van der Waals surface area contributed by atoms with Crippen molar-refractivity contribution in [3.63, 3.8) is 0 Å². The summed E-state index contributed by atoms with van der Waals surface area (Å²) in [6, 6.07) is 40.9. The number of hydrogen-bond donors (Lipinski definition) is 0. The lowest BCUT2D eigenvalue weighted by Crippen LogP contribution is -1.97. The maximum absolute atomic E-state index is 9.70. The normalized spacial score (nSPS) is 11.6. The summed E-state index contributed by atoms with van der Waals surface area (Å²) in [5.41, 5.74) is 12.4. The fourth-order valence-electron chi connectivity index (χ4n) is 7.40. The largest absolute Gasteiger partial charge is 0.309 e. The van der Waals surface area contributed by atoms with Crippen LogP contribution in [0.5, 0.6) is 0 Å². The Labute approximate surface area is 278 Å². The van der Waals surface area contributed by atoms with E-state index in [1.54, 1.807) is 12.3 Å². The van der Waals surface area contributed by atoms with Crippen molar-refractivity contribution in [3.05, 3.63) is 151 Å². The molecule has 49 heavy (non-hydrogen) atoms. The maximum atomic E-state index is 9.70. The number of nitrogens with zero attached hydrogens (tertiary/aromatic N) is 8. The molecule has 10 rings (SSSR count). The van der Waals surface area contributed by atoms with Gasteiger partial charge in [-0.2, -0.15) is 5.26 Å². The van der Waals surface area contributed by atoms with Crippen LogP contribution in [0.3, 0.4) is 0 Å². The van der Waals surface area contributed by atoms with E-state index in [4.69, 9.17) is 21.5 Å². The molecule has 0 aliphatic carbocycles. The molecule has 10 aromatic rings. The molecule has 8 nitrogen and oxygen atoms in total. The van der Waals surface area contributed by atoms with Crippen LogP contribution in [0.4, 0.5) is 5.69 Å². The summed E-state index contributed by atoms with van der Waals surface area (Å²) < 4.78 is 6.61. The fraction of sp³-hybridized carbons (Fsp3) is 0. The van der Waals surface area contributed by atoms with E-state index in [2.05, 4.69) is 97.4 Å². The smallest absolute Gasteiger partial charge is 0.190 e. The SMILES string of the molecule is [C-]#[N+]c1cc(C#N)cc(-n2c3ccc(-n4c5ccc(-n6c7ccccc7c7ncccc76)cc5c5ncccc54)cc3c3ncccc32)c1. The number of pyridine rings is 3. The van der Waals surface area contributed by atoms with E-state index in [1.165, 1.54) is 0 Å². The highest BCUT2D eigenvalue weighted by Crippen LogP contribution is 2.38. The lowest BCUT2D eigenvalue weighted by Gasteiger charge is -2.11. The minimum Gasteiger partial charge on any atom is -0.309 e. The lowest BCUT2D eigenvalue weighted by molar-refractivity contribution is 1.16. The van der Waals surface area contributed by atoms with Crippen molar-refractivity contribution in [2.45, 2.75) is 0 Å². The Morgan fingerprint density at radius 1 is 0.490 bits per heavy atom. The molecule has 0 bridgehead atoms. The predicted octanol–water partition coefficient (Wildman–Crippen LogP) is 9.59. The Morgan fingerprint density at radius 2 is 0.980 bits per heavy atom. The van der Waals surface area contributed by atoms with E-state index in [1.807, 2.05) is 48.8 Å². The van der Waals surface area contributed by atoms with Crippen LogP contribution in [0, 0.1) is 17.9 Å². The number of rotatable bonds is 3. The monoisotopic (exact) mass is 626 g/mol. The van der Waals surface area contributed by atoms with Crippen molar-refractivity contribution in [3.8, 4) is 23.1 Å². The van der Waals surface area contributed by atoms with Gasteiger partial charge in [0.1, 0.15) is 0 Å². The van der Waals surface area contributed by atoms with Gasteiger partial charge in [-0.15, -0.1) is 0 Å². The van der Waals surface area contributed by atoms with Gasteiger partial charge in [0.2, 0.25) is 0 Å². The molecule has 0 spiro atoms. The zero-order valence-corrected chi connectivity index (χ0v) is 25.8. The van der Waals surface area contributed by atoms with Crippen molar-refractivity contribution in [2.75, 3.05) is 0 Å². The molecular weight excluding hydrogens is 605 g/mol. The van der Waals surface area contributed by atoms with Crippen LogP contribution < -0.4 is 0 Å². The Morgan fingerprint density at radius 3 is 1.53 bits per heavy atom. The number of hydrogen-bond acceptors (Lipinski definition) is 4. The highest BCUT2D eigenvalue weighted by atomic mass is 15.0. The molecule has 6 aromatic heterocycles. The van der Waals surface area contributed by atoms with Gasteiger partial charge in [0.05, 0.1) is 62.3 Å². The summed E-state index contributed by atoms with van der Waals surface area (Å²) >= 11 is 0. The number of benzene rings is 4. The Bertz CT molecular complexity index is 3010. The molecule has 0 radical (unpaired) electrons. The average Bonchev–Trinajstić information content (AvgIpc) is 3.80. The summed E-state index contributed by atoms with van der Waals surface area (Å²) in [6.45, 7) is 7.61. The van der Waals surface area contributed by atoms with Gasteiger partial charge in [-0.25, -0.2) is 4.85 Å². The van der Waals surface area contributed by atoms with Gasteiger partial charge in [-0.05, 0) is 97.1 Å². The van der Waals surface area contributed by atoms with Crippen LogP contribution in [0.1, 0.15) is 5.56 Å². The van der Waals surface area contributed by atoms with Gasteiger partial charge in [-0.1, -0.05) is 18.2 Å². The second kappa shape index (κ2) is 10.1. The maximum Gasteiger partial charge on any atom is 0.190 e. The predicted molar refractivity (Wildman–Crippen MR) is 194 cm³/mol. The van der Waals surface area contributed by atoms with Gasteiger partial charge in [-0.3, -0.25) is 15.0 Å². The number of aromatic nitrogens is 6. The van der Waals surface area contributed by atoms with Crippen LogP contribution in [0.15, 0.2) is 134 Å². The van der Waals surface area contributed by atoms with Crippen molar-refractivity contribution in [1.29, 1.82) is 5.26 Å². The zero-order valence-electron chi connectivity index (χ0n) is 25.8. The second-order valence-electron chi connectivity index (χ2n) is 12.0. The van der Waals surface area contributed by atoms with Gasteiger partial charge in [0.15, 0.2) is 5.69 Å². The quantitative estimate of drug-likeness (QED) is 0.183. The van der Waals surface area contributed by atoms with Crippen molar-refractivity contribution in [1.82, 2.24) is 28.7 Å². The first-order valence-electron chi connectivity index (χ1n) is 15.8. The highest BCUT2D eigenvalue weighted by Gasteiger charge is 2.20. The third kappa shape index (κ3) is 3.80. The summed E-state index contributed by atoms with van der Waals surface area (Å²) in [4.78, 5) is 18.0. The average molecular weight is 627 g/mol. The van der Waals surface area contributed by atoms with Crippen LogP contribution in [-0.2, 0) is 0 Å². The first kappa shape index (κ1) is 26.9. The summed E-state index contributed by atoms with van der Waals surface area (Å²) in [5, 5.41) is 12.8. The van der Waals surface area contributed by atoms with E-state index in [0.29, 0.717) is 11.3 Å². The number of fused-ring (bicyclic) bond motifs is 9. The van der Waals surface area contributed by atoms with E-state index < -0.39 is 0 Å². The zero-order chi connectivity index (χ0) is 32.6. The van der Waals surface area contributed by atoms with Gasteiger partial charge in [0, 0.05) is 57.4 Å². The molecule has 8 heteroatoms. The first-order valence-corrected chi connectivity index (χ1v) is 15.8. The number of para-hydroxylation sites is 1. The number of nitriles is 1. The van der Waals surface area contributed by atoms with Crippen LogP contribution in [0.25, 0.3) is 87.7 Å². The molecule has 0 aliphatic rings. The molecule has 0 fully saturated rings. The van der Waals surface area contributed by atoms with Crippen LogP contribution >= 0.6 is 0 Å². The standard InChI is InChI=1S/C41H22N8/c1-43-26-19-25(24-42)20-29(21-26)49-35-15-13-28(23-32(35)41-38(49)11-6-18-46-41)48-34-14-12-27(22-31(34)40-37(48)10-5-17-45-40)47-33-8-3-2-7-30(33)39-36(47)9-4-16-44-39/h2-23H. The molecule has 0 N–H and O–H groups in total. The van der Waals surface area contributed by atoms with Crippen molar-refractivity contribution >= 4 is 71.5 Å². The molecule has 0 aliphatic heterocycles. The molecular formula is C41H22N8. The van der Waals surface area contributed by atoms with Gasteiger partial charge in [0.25, 0.3) is 0 Å². The second-order valence-corrected chi connectivity index (χ2v) is 12.0. The lowest BCUT2D eigenvalue weighted by atomic mass is 10.1. The van der Waals surface area contributed by atoms with Gasteiger partial charge >= 0.3 is 0 Å². The Hall–Kier alpha value is -7.29. The minimum atomic E-state index is 0.416. The summed E-state index contributed by atoms with van der Waals surface area (Å²) in [6.07, 6.45) is 5.49.